The number of hydrogen-bond acceptors (Lipinski definition) is 4. The van der Waals surface area contributed by atoms with E-state index < -0.39 is 10.0 Å². The Morgan fingerprint density at radius 1 is 1.07 bits per heavy atom. The third kappa shape index (κ3) is 4.14. The minimum atomic E-state index is -3.62. The smallest absolute Gasteiger partial charge is 0.251 e. The van der Waals surface area contributed by atoms with Crippen molar-refractivity contribution in [1.82, 2.24) is 9.62 Å². The van der Waals surface area contributed by atoms with Crippen molar-refractivity contribution in [3.05, 3.63) is 59.7 Å². The lowest BCUT2D eigenvalue weighted by atomic mass is 10.0. The van der Waals surface area contributed by atoms with Crippen molar-refractivity contribution in [2.24, 2.45) is 0 Å². The molecule has 1 aliphatic heterocycles. The first-order valence-electron chi connectivity index (χ1n) is 8.93. The summed E-state index contributed by atoms with van der Waals surface area (Å²) in [5.41, 5.74) is 1.58. The second kappa shape index (κ2) is 8.10. The summed E-state index contributed by atoms with van der Waals surface area (Å²) in [5, 5.41) is 3.03. The van der Waals surface area contributed by atoms with Crippen LogP contribution in [0.4, 0.5) is 0 Å². The Kier molecular flexibility index (Phi) is 5.82. The van der Waals surface area contributed by atoms with Crippen molar-refractivity contribution in [3.63, 3.8) is 0 Å². The number of benzene rings is 2. The van der Waals surface area contributed by atoms with Gasteiger partial charge in [-0.3, -0.25) is 4.79 Å². The number of nitrogens with one attached hydrogen (secondary N) is 1. The summed E-state index contributed by atoms with van der Waals surface area (Å²) in [6.45, 7) is 2.62. The van der Waals surface area contributed by atoms with Crippen LogP contribution in [0.5, 0.6) is 5.75 Å². The van der Waals surface area contributed by atoms with Gasteiger partial charge < -0.3 is 10.1 Å². The topological polar surface area (TPSA) is 75.7 Å². The molecule has 144 valence electrons. The first-order valence-corrected chi connectivity index (χ1v) is 10.4. The number of amides is 1. The normalized spacial score (nSPS) is 16.1. The van der Waals surface area contributed by atoms with E-state index in [1.54, 1.807) is 30.3 Å². The largest absolute Gasteiger partial charge is 0.495 e. The third-order valence-electron chi connectivity index (χ3n) is 4.87. The molecule has 1 heterocycles. The second-order valence-electron chi connectivity index (χ2n) is 6.62. The van der Waals surface area contributed by atoms with Crippen LogP contribution in [0.3, 0.4) is 0 Å². The zero-order chi connectivity index (χ0) is 19.4. The van der Waals surface area contributed by atoms with Crippen LogP contribution in [-0.4, -0.2) is 44.9 Å². The van der Waals surface area contributed by atoms with Crippen molar-refractivity contribution in [1.29, 1.82) is 0 Å². The molecule has 27 heavy (non-hydrogen) atoms. The van der Waals surface area contributed by atoms with E-state index in [-0.39, 0.29) is 16.8 Å². The van der Waals surface area contributed by atoms with Crippen molar-refractivity contribution >= 4 is 15.9 Å². The molecule has 0 saturated carbocycles. The van der Waals surface area contributed by atoms with E-state index in [4.69, 9.17) is 4.74 Å². The fourth-order valence-electron chi connectivity index (χ4n) is 3.30. The molecule has 7 heteroatoms. The van der Waals surface area contributed by atoms with E-state index in [1.165, 1.54) is 11.4 Å². The summed E-state index contributed by atoms with van der Waals surface area (Å²) in [5.74, 6) is 0.228. The zero-order valence-corrected chi connectivity index (χ0v) is 16.3. The highest BCUT2D eigenvalue weighted by Gasteiger charge is 2.31. The van der Waals surface area contributed by atoms with Gasteiger partial charge in [0.15, 0.2) is 0 Å². The third-order valence-corrected chi connectivity index (χ3v) is 6.80. The molecule has 1 N–H and O–H groups in total. The van der Waals surface area contributed by atoms with Gasteiger partial charge in [0.25, 0.3) is 5.91 Å². The number of carbonyl (C=O) groups excluding carboxylic acids is 1. The Morgan fingerprint density at radius 3 is 2.37 bits per heavy atom. The molecule has 6 nitrogen and oxygen atoms in total. The van der Waals surface area contributed by atoms with E-state index >= 15 is 0 Å². The van der Waals surface area contributed by atoms with Crippen LogP contribution in [0, 0.1) is 6.92 Å². The van der Waals surface area contributed by atoms with E-state index in [1.807, 2.05) is 25.1 Å². The monoisotopic (exact) mass is 388 g/mol. The molecular formula is C20H24N2O4S. The molecule has 0 bridgehead atoms. The van der Waals surface area contributed by atoms with Gasteiger partial charge in [0, 0.05) is 24.7 Å². The van der Waals surface area contributed by atoms with Gasteiger partial charge in [0.05, 0.1) is 7.11 Å². The van der Waals surface area contributed by atoms with Crippen LogP contribution in [0.2, 0.25) is 0 Å². The number of sulfonamides is 1. The maximum atomic E-state index is 12.9. The lowest BCUT2D eigenvalue weighted by molar-refractivity contribution is 0.0923. The molecule has 0 spiro atoms. The molecule has 0 aromatic heterocycles. The lowest BCUT2D eigenvalue weighted by Crippen LogP contribution is -2.46. The SMILES string of the molecule is COc1ccccc1S(=O)(=O)N1CCC(NC(=O)c2ccccc2C)CC1. The van der Waals surface area contributed by atoms with Crippen LogP contribution in [0.1, 0.15) is 28.8 Å². The number of nitrogens with zero attached hydrogens (tertiary/aromatic N) is 1. The molecule has 0 atom stereocenters. The number of piperidine rings is 1. The van der Waals surface area contributed by atoms with Crippen LogP contribution < -0.4 is 10.1 Å². The van der Waals surface area contributed by atoms with Crippen LogP contribution >= 0.6 is 0 Å². The fourth-order valence-corrected chi connectivity index (χ4v) is 4.93. The summed E-state index contributed by atoms with van der Waals surface area (Å²) in [6, 6.07) is 14.0. The Bertz CT molecular complexity index is 919. The lowest BCUT2D eigenvalue weighted by Gasteiger charge is -2.32. The van der Waals surface area contributed by atoms with Gasteiger partial charge in [-0.25, -0.2) is 8.42 Å². The van der Waals surface area contributed by atoms with E-state index in [0.29, 0.717) is 37.2 Å². The Hall–Kier alpha value is -2.38. The fraction of sp³-hybridized carbons (Fsp3) is 0.350. The minimum absolute atomic E-state index is 0.0405. The van der Waals surface area contributed by atoms with Crippen molar-refractivity contribution in [3.8, 4) is 5.75 Å². The standard InChI is InChI=1S/C20H24N2O4S/c1-15-7-3-4-8-17(15)20(23)21-16-11-13-22(14-12-16)27(24,25)19-10-6-5-9-18(19)26-2/h3-10,16H,11-14H2,1-2H3,(H,21,23). The summed E-state index contributed by atoms with van der Waals surface area (Å²) < 4.78 is 32.5. The highest BCUT2D eigenvalue weighted by atomic mass is 32.2. The van der Waals surface area contributed by atoms with Gasteiger partial charge in [-0.2, -0.15) is 4.31 Å². The molecule has 0 unspecified atom stereocenters. The maximum Gasteiger partial charge on any atom is 0.251 e. The molecule has 0 aliphatic carbocycles. The molecule has 2 aromatic carbocycles. The number of ether oxygens (including phenoxy) is 1. The Balaban J connectivity index is 1.65. The molecule has 1 saturated heterocycles. The predicted molar refractivity (Wildman–Crippen MR) is 103 cm³/mol. The quantitative estimate of drug-likeness (QED) is 0.854. The van der Waals surface area contributed by atoms with Gasteiger partial charge in [-0.15, -0.1) is 0 Å². The summed E-state index contributed by atoms with van der Waals surface area (Å²) in [7, 11) is -2.16. The van der Waals surface area contributed by atoms with Gasteiger partial charge in [0.1, 0.15) is 10.6 Å². The zero-order valence-electron chi connectivity index (χ0n) is 15.5. The molecule has 0 radical (unpaired) electrons. The first kappa shape index (κ1) is 19.4. The summed E-state index contributed by atoms with van der Waals surface area (Å²) in [4.78, 5) is 12.6. The van der Waals surface area contributed by atoms with Crippen LogP contribution in [-0.2, 0) is 10.0 Å². The highest BCUT2D eigenvalue weighted by Crippen LogP contribution is 2.28. The predicted octanol–water partition coefficient (Wildman–Crippen LogP) is 2.59. The van der Waals surface area contributed by atoms with Crippen molar-refractivity contribution in [2.75, 3.05) is 20.2 Å². The Morgan fingerprint density at radius 2 is 1.70 bits per heavy atom. The van der Waals surface area contributed by atoms with Crippen molar-refractivity contribution < 1.29 is 17.9 Å². The first-order chi connectivity index (χ1) is 12.9. The molecule has 1 amide bonds. The van der Waals surface area contributed by atoms with Crippen LogP contribution in [0.25, 0.3) is 0 Å². The number of aryl methyl sites for hydroxylation is 1. The number of hydrogen-bond donors (Lipinski definition) is 1. The second-order valence-corrected chi connectivity index (χ2v) is 8.52. The maximum absolute atomic E-state index is 12.9. The minimum Gasteiger partial charge on any atom is -0.495 e. The van der Waals surface area contributed by atoms with Gasteiger partial charge in [-0.05, 0) is 43.5 Å². The average Bonchev–Trinajstić information content (AvgIpc) is 2.68. The Labute approximate surface area is 160 Å². The summed E-state index contributed by atoms with van der Waals surface area (Å²) in [6.07, 6.45) is 1.15. The number of methoxy groups -OCH3 is 1. The summed E-state index contributed by atoms with van der Waals surface area (Å²) >= 11 is 0. The molecule has 2 aromatic rings. The van der Waals surface area contributed by atoms with E-state index in [2.05, 4.69) is 5.32 Å². The van der Waals surface area contributed by atoms with Crippen LogP contribution in [0.15, 0.2) is 53.4 Å². The van der Waals surface area contributed by atoms with Gasteiger partial charge in [-0.1, -0.05) is 30.3 Å². The van der Waals surface area contributed by atoms with Crippen molar-refractivity contribution in [2.45, 2.75) is 30.7 Å². The van der Waals surface area contributed by atoms with E-state index in [0.717, 1.165) is 5.56 Å². The van der Waals surface area contributed by atoms with Gasteiger partial charge in [0.2, 0.25) is 10.0 Å². The molecule has 1 fully saturated rings. The average molecular weight is 388 g/mol. The molecule has 1 aliphatic rings. The highest BCUT2D eigenvalue weighted by molar-refractivity contribution is 7.89. The van der Waals surface area contributed by atoms with Gasteiger partial charge >= 0.3 is 0 Å². The number of carbonyl (C=O) groups is 1. The number of rotatable bonds is 5. The molecular weight excluding hydrogens is 364 g/mol. The molecule has 3 rings (SSSR count). The van der Waals surface area contributed by atoms with E-state index in [9.17, 15) is 13.2 Å². The number of para-hydroxylation sites is 1.